The zero-order valence-electron chi connectivity index (χ0n) is 13.0. The first-order chi connectivity index (χ1) is 9.80. The van der Waals surface area contributed by atoms with Crippen molar-refractivity contribution in [1.29, 1.82) is 0 Å². The highest BCUT2D eigenvalue weighted by atomic mass is 16.5. The highest BCUT2D eigenvalue weighted by molar-refractivity contribution is 5.87. The van der Waals surface area contributed by atoms with Crippen LogP contribution in [-0.2, 0) is 19.1 Å². The predicted octanol–water partition coefficient (Wildman–Crippen LogP) is 0.461. The number of hydrogen-bond acceptors (Lipinski definition) is 5. The molecule has 0 fully saturated rings. The molecule has 0 aromatic rings. The minimum atomic E-state index is -1.39. The second kappa shape index (κ2) is 9.17. The van der Waals surface area contributed by atoms with E-state index in [1.165, 1.54) is 18.9 Å². The van der Waals surface area contributed by atoms with Crippen molar-refractivity contribution in [3.05, 3.63) is 0 Å². The van der Waals surface area contributed by atoms with Crippen LogP contribution in [0.3, 0.4) is 0 Å². The van der Waals surface area contributed by atoms with E-state index in [-0.39, 0.29) is 32.7 Å². The summed E-state index contributed by atoms with van der Waals surface area (Å²) in [5.41, 5.74) is -1.39. The number of nitrogens with zero attached hydrogens (tertiary/aromatic N) is 1. The SMILES string of the molecule is CCOC(=O)CN(CCOC)C(=O)NC(C)(CC)C(=O)O. The second-order valence-electron chi connectivity index (χ2n) is 4.64. The molecule has 0 spiro atoms. The maximum Gasteiger partial charge on any atom is 0.329 e. The zero-order chi connectivity index (χ0) is 16.5. The molecule has 122 valence electrons. The van der Waals surface area contributed by atoms with Crippen LogP contribution in [0.15, 0.2) is 0 Å². The van der Waals surface area contributed by atoms with Gasteiger partial charge in [-0.3, -0.25) is 4.79 Å². The summed E-state index contributed by atoms with van der Waals surface area (Å²) in [5.74, 6) is -1.70. The summed E-state index contributed by atoms with van der Waals surface area (Å²) in [6, 6.07) is -0.646. The van der Waals surface area contributed by atoms with Gasteiger partial charge in [-0.25, -0.2) is 9.59 Å². The standard InChI is InChI=1S/C13H24N2O6/c1-5-13(3,11(17)18)14-12(19)15(7-8-20-4)9-10(16)21-6-2/h5-9H2,1-4H3,(H,14,19)(H,17,18). The monoisotopic (exact) mass is 304 g/mol. The van der Waals surface area contributed by atoms with Crippen LogP contribution in [0, 0.1) is 0 Å². The van der Waals surface area contributed by atoms with E-state index in [0.717, 1.165) is 0 Å². The number of urea groups is 1. The van der Waals surface area contributed by atoms with Crippen LogP contribution in [0.25, 0.3) is 0 Å². The molecule has 8 nitrogen and oxygen atoms in total. The summed E-state index contributed by atoms with van der Waals surface area (Å²) in [6.07, 6.45) is 0.214. The molecule has 1 atom stereocenters. The van der Waals surface area contributed by atoms with Gasteiger partial charge in [0.15, 0.2) is 0 Å². The minimum absolute atomic E-state index is 0.153. The molecule has 0 aromatic carbocycles. The molecule has 0 heterocycles. The van der Waals surface area contributed by atoms with Gasteiger partial charge in [-0.2, -0.15) is 0 Å². The van der Waals surface area contributed by atoms with E-state index in [1.807, 2.05) is 0 Å². The molecule has 2 amide bonds. The Hall–Kier alpha value is -1.83. The molecule has 0 aliphatic rings. The number of carbonyl (C=O) groups excluding carboxylic acids is 2. The van der Waals surface area contributed by atoms with Crippen molar-refractivity contribution in [3.8, 4) is 0 Å². The minimum Gasteiger partial charge on any atom is -0.480 e. The van der Waals surface area contributed by atoms with Gasteiger partial charge in [-0.05, 0) is 20.3 Å². The van der Waals surface area contributed by atoms with Crippen molar-refractivity contribution in [2.45, 2.75) is 32.7 Å². The number of nitrogens with one attached hydrogen (secondary N) is 1. The number of rotatable bonds is 9. The molecule has 0 aliphatic heterocycles. The lowest BCUT2D eigenvalue weighted by Gasteiger charge is -2.29. The van der Waals surface area contributed by atoms with Crippen molar-refractivity contribution < 1.29 is 29.0 Å². The Kier molecular flexibility index (Phi) is 8.37. The van der Waals surface area contributed by atoms with E-state index in [1.54, 1.807) is 13.8 Å². The normalized spacial score (nSPS) is 13.1. The number of esters is 1. The zero-order valence-corrected chi connectivity index (χ0v) is 13.0. The highest BCUT2D eigenvalue weighted by Crippen LogP contribution is 2.10. The first-order valence-corrected chi connectivity index (χ1v) is 6.75. The molecular weight excluding hydrogens is 280 g/mol. The summed E-state index contributed by atoms with van der Waals surface area (Å²) in [4.78, 5) is 36.0. The first-order valence-electron chi connectivity index (χ1n) is 6.75. The summed E-state index contributed by atoms with van der Waals surface area (Å²) in [7, 11) is 1.47. The fraction of sp³-hybridized carbons (Fsp3) is 0.769. The van der Waals surface area contributed by atoms with E-state index < -0.39 is 23.5 Å². The predicted molar refractivity (Wildman–Crippen MR) is 74.9 cm³/mol. The smallest absolute Gasteiger partial charge is 0.329 e. The second-order valence-corrected chi connectivity index (χ2v) is 4.64. The molecule has 2 N–H and O–H groups in total. The van der Waals surface area contributed by atoms with Crippen LogP contribution < -0.4 is 5.32 Å². The van der Waals surface area contributed by atoms with Gasteiger partial charge in [0, 0.05) is 13.7 Å². The van der Waals surface area contributed by atoms with E-state index in [4.69, 9.17) is 14.6 Å². The van der Waals surface area contributed by atoms with Crippen molar-refractivity contribution in [3.63, 3.8) is 0 Å². The third-order valence-corrected chi connectivity index (χ3v) is 3.04. The molecule has 0 saturated heterocycles. The van der Waals surface area contributed by atoms with E-state index in [2.05, 4.69) is 5.32 Å². The molecule has 0 aromatic heterocycles. The molecular formula is C13H24N2O6. The fourth-order valence-corrected chi connectivity index (χ4v) is 1.42. The third-order valence-electron chi connectivity index (χ3n) is 3.04. The van der Waals surface area contributed by atoms with Crippen molar-refractivity contribution >= 4 is 18.0 Å². The summed E-state index contributed by atoms with van der Waals surface area (Å²) >= 11 is 0. The largest absolute Gasteiger partial charge is 0.480 e. The molecule has 1 unspecified atom stereocenters. The topological polar surface area (TPSA) is 105 Å². The van der Waals surface area contributed by atoms with Crippen LogP contribution in [0.1, 0.15) is 27.2 Å². The average Bonchev–Trinajstić information content (AvgIpc) is 2.43. The van der Waals surface area contributed by atoms with Gasteiger partial charge in [-0.15, -0.1) is 0 Å². The Balaban J connectivity index is 4.85. The number of carbonyl (C=O) groups is 3. The Morgan fingerprint density at radius 3 is 2.33 bits per heavy atom. The van der Waals surface area contributed by atoms with Gasteiger partial charge in [0.05, 0.1) is 13.2 Å². The van der Waals surface area contributed by atoms with E-state index in [9.17, 15) is 14.4 Å². The van der Waals surface area contributed by atoms with Crippen LogP contribution in [-0.4, -0.2) is 66.9 Å². The number of aliphatic carboxylic acids is 1. The van der Waals surface area contributed by atoms with Crippen molar-refractivity contribution in [2.75, 3.05) is 33.4 Å². The number of carboxylic acids is 1. The molecule has 0 aliphatic carbocycles. The maximum atomic E-state index is 12.2. The molecule has 0 bridgehead atoms. The Morgan fingerprint density at radius 1 is 1.29 bits per heavy atom. The molecule has 0 radical (unpaired) electrons. The molecule has 0 saturated carbocycles. The lowest BCUT2D eigenvalue weighted by Crippen LogP contribution is -2.56. The summed E-state index contributed by atoms with van der Waals surface area (Å²) in [6.45, 7) is 5.05. The average molecular weight is 304 g/mol. The Bertz CT molecular complexity index is 374. The van der Waals surface area contributed by atoms with Crippen LogP contribution in [0.2, 0.25) is 0 Å². The number of ether oxygens (including phenoxy) is 2. The van der Waals surface area contributed by atoms with Gasteiger partial charge in [0.2, 0.25) is 0 Å². The number of methoxy groups -OCH3 is 1. The lowest BCUT2D eigenvalue weighted by atomic mass is 10.00. The van der Waals surface area contributed by atoms with Crippen LogP contribution >= 0.6 is 0 Å². The van der Waals surface area contributed by atoms with E-state index in [0.29, 0.717) is 0 Å². The number of hydrogen-bond donors (Lipinski definition) is 2. The van der Waals surface area contributed by atoms with Gasteiger partial charge in [0.1, 0.15) is 12.1 Å². The van der Waals surface area contributed by atoms with Gasteiger partial charge in [-0.1, -0.05) is 6.92 Å². The summed E-state index contributed by atoms with van der Waals surface area (Å²) < 4.78 is 9.67. The summed E-state index contributed by atoms with van der Waals surface area (Å²) in [5, 5.41) is 11.6. The van der Waals surface area contributed by atoms with Crippen molar-refractivity contribution in [1.82, 2.24) is 10.2 Å². The number of carboxylic acid groups (broad SMARTS) is 1. The van der Waals surface area contributed by atoms with Crippen molar-refractivity contribution in [2.24, 2.45) is 0 Å². The Morgan fingerprint density at radius 2 is 1.90 bits per heavy atom. The molecule has 8 heteroatoms. The highest BCUT2D eigenvalue weighted by Gasteiger charge is 2.34. The third kappa shape index (κ3) is 6.44. The first kappa shape index (κ1) is 19.2. The van der Waals surface area contributed by atoms with Gasteiger partial charge < -0.3 is 24.8 Å². The number of amides is 2. The quantitative estimate of drug-likeness (QED) is 0.600. The van der Waals surface area contributed by atoms with E-state index >= 15 is 0 Å². The molecule has 21 heavy (non-hydrogen) atoms. The maximum absolute atomic E-state index is 12.2. The fourth-order valence-electron chi connectivity index (χ4n) is 1.42. The Labute approximate surface area is 124 Å². The van der Waals surface area contributed by atoms with Gasteiger partial charge >= 0.3 is 18.0 Å². The van der Waals surface area contributed by atoms with Crippen LogP contribution in [0.4, 0.5) is 4.79 Å². The van der Waals surface area contributed by atoms with Crippen LogP contribution in [0.5, 0.6) is 0 Å². The molecule has 0 rings (SSSR count). The van der Waals surface area contributed by atoms with Gasteiger partial charge in [0.25, 0.3) is 0 Å². The lowest BCUT2D eigenvalue weighted by molar-refractivity contribution is -0.144.